The molecule has 3 heterocycles. The Morgan fingerprint density at radius 3 is 2.50 bits per heavy atom. The molecule has 3 fully saturated rings. The molecule has 116 valence electrons. The number of aliphatic hydroxyl groups is 5. The van der Waals surface area contributed by atoms with E-state index in [1.54, 1.807) is 0 Å². The molecule has 0 aromatic rings. The maximum Gasteiger partial charge on any atom is 0.192 e. The largest absolute Gasteiger partial charge is 0.394 e. The number of ether oxygens (including phenoxy) is 4. The fraction of sp³-hybridized carbons (Fsp3) is 1.00. The van der Waals surface area contributed by atoms with Crippen molar-refractivity contribution < 1.29 is 44.5 Å². The summed E-state index contributed by atoms with van der Waals surface area (Å²) in [5.41, 5.74) is -1.76. The zero-order valence-corrected chi connectivity index (χ0v) is 10.5. The Hall–Kier alpha value is -0.360. The van der Waals surface area contributed by atoms with Crippen molar-refractivity contribution in [3.63, 3.8) is 0 Å². The van der Waals surface area contributed by atoms with E-state index in [9.17, 15) is 20.4 Å². The lowest BCUT2D eigenvalue weighted by Crippen LogP contribution is -2.60. The SMILES string of the molecule is OC[C@H]1O[C@H]2OC[C@@]3(O)[C@H](OC[C@H]3O)O[C@@H]2[C@@H](O)[C@@H]1O. The van der Waals surface area contributed by atoms with E-state index in [1.165, 1.54) is 0 Å². The molecule has 0 bridgehead atoms. The van der Waals surface area contributed by atoms with Crippen LogP contribution in [-0.4, -0.2) is 94.1 Å². The summed E-state index contributed by atoms with van der Waals surface area (Å²) in [5.74, 6) is 0. The van der Waals surface area contributed by atoms with Gasteiger partial charge in [-0.25, -0.2) is 0 Å². The highest BCUT2D eigenvalue weighted by Gasteiger charge is 2.58. The molecule has 3 aliphatic rings. The standard InChI is InChI=1S/C11H18O9/c12-1-4-6(14)7(15)8-9(19-4)18-3-11(16)5(13)2-17-10(11)20-8/h4-10,12-16H,1-3H2/t4-,5-,6-,7+,8-,9-,10-,11+/m1/s1. The van der Waals surface area contributed by atoms with Crippen LogP contribution < -0.4 is 0 Å². The van der Waals surface area contributed by atoms with Gasteiger partial charge in [0.1, 0.15) is 30.5 Å². The fourth-order valence-corrected chi connectivity index (χ4v) is 2.64. The zero-order chi connectivity index (χ0) is 14.5. The topological polar surface area (TPSA) is 138 Å². The van der Waals surface area contributed by atoms with Gasteiger partial charge in [0.2, 0.25) is 0 Å². The normalized spacial score (nSPS) is 56.0. The first-order valence-electron chi connectivity index (χ1n) is 6.39. The molecule has 0 radical (unpaired) electrons. The van der Waals surface area contributed by atoms with Crippen LogP contribution in [0.2, 0.25) is 0 Å². The predicted octanol–water partition coefficient (Wildman–Crippen LogP) is -3.71. The number of hydrogen-bond donors (Lipinski definition) is 5. The average molecular weight is 294 g/mol. The molecule has 0 unspecified atom stereocenters. The first-order chi connectivity index (χ1) is 9.47. The van der Waals surface area contributed by atoms with Gasteiger partial charge in [0.05, 0.1) is 19.8 Å². The van der Waals surface area contributed by atoms with Crippen LogP contribution >= 0.6 is 0 Å². The van der Waals surface area contributed by atoms with Crippen LogP contribution in [0.3, 0.4) is 0 Å². The maximum absolute atomic E-state index is 10.3. The molecule has 0 saturated carbocycles. The molecule has 0 aromatic heterocycles. The molecule has 9 nitrogen and oxygen atoms in total. The number of aliphatic hydroxyl groups excluding tert-OH is 4. The summed E-state index contributed by atoms with van der Waals surface area (Å²) in [6, 6.07) is 0. The van der Waals surface area contributed by atoms with Crippen LogP contribution in [0.1, 0.15) is 0 Å². The molecule has 0 amide bonds. The van der Waals surface area contributed by atoms with Crippen molar-refractivity contribution in [3.05, 3.63) is 0 Å². The van der Waals surface area contributed by atoms with Gasteiger partial charge < -0.3 is 44.5 Å². The molecular formula is C11H18O9. The smallest absolute Gasteiger partial charge is 0.192 e. The lowest BCUT2D eigenvalue weighted by Gasteiger charge is -2.40. The summed E-state index contributed by atoms with van der Waals surface area (Å²) in [4.78, 5) is 0. The van der Waals surface area contributed by atoms with Gasteiger partial charge in [-0.2, -0.15) is 0 Å². The van der Waals surface area contributed by atoms with E-state index in [4.69, 9.17) is 24.1 Å². The second-order valence-corrected chi connectivity index (χ2v) is 5.29. The highest BCUT2D eigenvalue weighted by molar-refractivity contribution is 5.00. The van der Waals surface area contributed by atoms with Crippen molar-refractivity contribution in [1.29, 1.82) is 0 Å². The number of hydrogen-bond acceptors (Lipinski definition) is 9. The second kappa shape index (κ2) is 5.13. The number of rotatable bonds is 1. The molecule has 3 aliphatic heterocycles. The minimum absolute atomic E-state index is 0.124. The zero-order valence-electron chi connectivity index (χ0n) is 10.5. The van der Waals surface area contributed by atoms with Crippen molar-refractivity contribution in [2.75, 3.05) is 19.8 Å². The monoisotopic (exact) mass is 294 g/mol. The number of fused-ring (bicyclic) bond motifs is 2. The summed E-state index contributed by atoms with van der Waals surface area (Å²) in [5, 5.41) is 49.0. The van der Waals surface area contributed by atoms with Crippen molar-refractivity contribution in [2.24, 2.45) is 0 Å². The Morgan fingerprint density at radius 1 is 1.05 bits per heavy atom. The van der Waals surface area contributed by atoms with Crippen LogP contribution in [0.25, 0.3) is 0 Å². The molecule has 3 saturated heterocycles. The quantitative estimate of drug-likeness (QED) is 0.330. The van der Waals surface area contributed by atoms with E-state index in [1.807, 2.05) is 0 Å². The van der Waals surface area contributed by atoms with Crippen molar-refractivity contribution in [3.8, 4) is 0 Å². The molecule has 0 aromatic carbocycles. The highest BCUT2D eigenvalue weighted by atomic mass is 16.8. The molecule has 0 spiro atoms. The Bertz CT molecular complexity index is 366. The summed E-state index contributed by atoms with van der Waals surface area (Å²) in [6.45, 7) is -0.945. The van der Waals surface area contributed by atoms with E-state index in [-0.39, 0.29) is 13.2 Å². The summed E-state index contributed by atoms with van der Waals surface area (Å²) in [6.07, 6.45) is -8.33. The molecule has 0 aliphatic carbocycles. The van der Waals surface area contributed by atoms with Crippen LogP contribution in [0.15, 0.2) is 0 Å². The van der Waals surface area contributed by atoms with Gasteiger partial charge in [0.25, 0.3) is 0 Å². The Labute approximate surface area is 114 Å². The summed E-state index contributed by atoms with van der Waals surface area (Å²) in [7, 11) is 0. The van der Waals surface area contributed by atoms with E-state index in [0.717, 1.165) is 0 Å². The second-order valence-electron chi connectivity index (χ2n) is 5.29. The highest BCUT2D eigenvalue weighted by Crippen LogP contribution is 2.36. The van der Waals surface area contributed by atoms with E-state index in [0.29, 0.717) is 0 Å². The average Bonchev–Trinajstić information content (AvgIpc) is 2.63. The minimum Gasteiger partial charge on any atom is -0.394 e. The Morgan fingerprint density at radius 2 is 1.80 bits per heavy atom. The summed E-state index contributed by atoms with van der Waals surface area (Å²) < 4.78 is 21.2. The van der Waals surface area contributed by atoms with Gasteiger partial charge in [-0.3, -0.25) is 0 Å². The minimum atomic E-state index is -1.76. The molecular weight excluding hydrogens is 276 g/mol. The van der Waals surface area contributed by atoms with Crippen molar-refractivity contribution in [2.45, 2.75) is 48.7 Å². The predicted molar refractivity (Wildman–Crippen MR) is 59.3 cm³/mol. The van der Waals surface area contributed by atoms with Gasteiger partial charge in [-0.15, -0.1) is 0 Å². The molecule has 3 rings (SSSR count). The van der Waals surface area contributed by atoms with Gasteiger partial charge in [0.15, 0.2) is 18.2 Å². The van der Waals surface area contributed by atoms with Crippen molar-refractivity contribution >= 4 is 0 Å². The first-order valence-corrected chi connectivity index (χ1v) is 6.39. The van der Waals surface area contributed by atoms with Crippen LogP contribution in [0.4, 0.5) is 0 Å². The van der Waals surface area contributed by atoms with Gasteiger partial charge in [-0.1, -0.05) is 0 Å². The molecule has 8 atom stereocenters. The molecule has 20 heavy (non-hydrogen) atoms. The van der Waals surface area contributed by atoms with Gasteiger partial charge in [0, 0.05) is 0 Å². The van der Waals surface area contributed by atoms with E-state index >= 15 is 0 Å². The summed E-state index contributed by atoms with van der Waals surface area (Å²) >= 11 is 0. The molecule has 5 N–H and O–H groups in total. The molecule has 9 heteroatoms. The Kier molecular flexibility index (Phi) is 3.73. The van der Waals surface area contributed by atoms with E-state index in [2.05, 4.69) is 0 Å². The van der Waals surface area contributed by atoms with Gasteiger partial charge >= 0.3 is 0 Å². The van der Waals surface area contributed by atoms with Crippen LogP contribution in [0.5, 0.6) is 0 Å². The van der Waals surface area contributed by atoms with Crippen molar-refractivity contribution in [1.82, 2.24) is 0 Å². The third-order valence-electron chi connectivity index (χ3n) is 3.97. The fourth-order valence-electron chi connectivity index (χ4n) is 2.64. The Balaban J connectivity index is 1.82. The van der Waals surface area contributed by atoms with Gasteiger partial charge in [-0.05, 0) is 0 Å². The lowest BCUT2D eigenvalue weighted by atomic mass is 9.99. The third-order valence-corrected chi connectivity index (χ3v) is 3.97. The maximum atomic E-state index is 10.3. The van der Waals surface area contributed by atoms with Crippen LogP contribution in [-0.2, 0) is 18.9 Å². The third kappa shape index (κ3) is 2.06. The lowest BCUT2D eigenvalue weighted by molar-refractivity contribution is -0.316. The van der Waals surface area contributed by atoms with E-state index < -0.39 is 55.3 Å². The van der Waals surface area contributed by atoms with Crippen LogP contribution in [0, 0.1) is 0 Å². The first kappa shape index (κ1) is 14.6.